The summed E-state index contributed by atoms with van der Waals surface area (Å²) >= 11 is 0. The van der Waals surface area contributed by atoms with E-state index in [4.69, 9.17) is 9.15 Å². The van der Waals surface area contributed by atoms with Gasteiger partial charge in [-0.25, -0.2) is 9.07 Å². The van der Waals surface area contributed by atoms with Gasteiger partial charge in [0, 0.05) is 24.8 Å². The van der Waals surface area contributed by atoms with Crippen LogP contribution in [-0.2, 0) is 4.74 Å². The van der Waals surface area contributed by atoms with E-state index in [2.05, 4.69) is 10.4 Å². The SMILES string of the molecule is O=C(Nc1ccc(N2CCOCC2)c(F)c1)c1cc(-c2ccco2)nn1-c1ccccc1. The molecule has 32 heavy (non-hydrogen) atoms. The van der Waals surface area contributed by atoms with Crippen molar-refractivity contribution in [1.29, 1.82) is 0 Å². The lowest BCUT2D eigenvalue weighted by Crippen LogP contribution is -2.36. The summed E-state index contributed by atoms with van der Waals surface area (Å²) in [5.74, 6) is -0.245. The summed E-state index contributed by atoms with van der Waals surface area (Å²) in [5.41, 5.74) is 2.42. The number of carbonyl (C=O) groups is 1. The quantitative estimate of drug-likeness (QED) is 0.507. The van der Waals surface area contributed by atoms with Gasteiger partial charge in [0.15, 0.2) is 5.76 Å². The Bertz CT molecular complexity index is 1220. The maximum absolute atomic E-state index is 14.8. The number of para-hydroxylation sites is 1. The predicted octanol–water partition coefficient (Wildman–Crippen LogP) is 4.36. The van der Waals surface area contributed by atoms with Crippen molar-refractivity contribution in [3.63, 3.8) is 0 Å². The minimum absolute atomic E-state index is 0.306. The molecule has 0 spiro atoms. The Morgan fingerprint density at radius 3 is 2.53 bits per heavy atom. The van der Waals surface area contributed by atoms with E-state index < -0.39 is 11.7 Å². The highest BCUT2D eigenvalue weighted by molar-refractivity contribution is 6.04. The second-order valence-corrected chi connectivity index (χ2v) is 7.36. The molecule has 5 rings (SSSR count). The molecular formula is C24H21FN4O3. The van der Waals surface area contributed by atoms with Crippen LogP contribution in [0.15, 0.2) is 77.4 Å². The smallest absolute Gasteiger partial charge is 0.274 e. The summed E-state index contributed by atoms with van der Waals surface area (Å²) in [4.78, 5) is 15.1. The lowest BCUT2D eigenvalue weighted by molar-refractivity contribution is 0.101. The fourth-order valence-corrected chi connectivity index (χ4v) is 3.69. The third-order valence-corrected chi connectivity index (χ3v) is 5.27. The first-order valence-corrected chi connectivity index (χ1v) is 10.3. The van der Waals surface area contributed by atoms with Gasteiger partial charge in [0.1, 0.15) is 17.2 Å². The van der Waals surface area contributed by atoms with Crippen LogP contribution in [0.25, 0.3) is 17.1 Å². The van der Waals surface area contributed by atoms with Gasteiger partial charge in [-0.1, -0.05) is 18.2 Å². The number of hydrogen-bond acceptors (Lipinski definition) is 5. The molecular weight excluding hydrogens is 411 g/mol. The highest BCUT2D eigenvalue weighted by Gasteiger charge is 2.20. The van der Waals surface area contributed by atoms with Crippen molar-refractivity contribution in [2.24, 2.45) is 0 Å². The van der Waals surface area contributed by atoms with Crippen molar-refractivity contribution in [3.8, 4) is 17.1 Å². The number of carbonyl (C=O) groups excluding carboxylic acids is 1. The van der Waals surface area contributed by atoms with Crippen LogP contribution in [0.2, 0.25) is 0 Å². The van der Waals surface area contributed by atoms with Gasteiger partial charge in [-0.15, -0.1) is 0 Å². The van der Waals surface area contributed by atoms with Crippen LogP contribution < -0.4 is 10.2 Å². The average Bonchev–Trinajstić information content (AvgIpc) is 3.51. The molecule has 162 valence electrons. The molecule has 1 saturated heterocycles. The number of nitrogens with zero attached hydrogens (tertiary/aromatic N) is 3. The molecule has 0 unspecified atom stereocenters. The van der Waals surface area contributed by atoms with Crippen molar-refractivity contribution in [2.75, 3.05) is 36.5 Å². The zero-order valence-corrected chi connectivity index (χ0v) is 17.2. The number of rotatable bonds is 5. The minimum Gasteiger partial charge on any atom is -0.463 e. The molecule has 1 fully saturated rings. The number of nitrogens with one attached hydrogen (secondary N) is 1. The monoisotopic (exact) mass is 432 g/mol. The number of hydrogen-bond donors (Lipinski definition) is 1. The third kappa shape index (κ3) is 4.00. The van der Waals surface area contributed by atoms with Crippen molar-refractivity contribution in [3.05, 3.63) is 84.5 Å². The number of morpholine rings is 1. The van der Waals surface area contributed by atoms with Gasteiger partial charge in [0.2, 0.25) is 0 Å². The van der Waals surface area contributed by atoms with Crippen molar-refractivity contribution in [2.45, 2.75) is 0 Å². The molecule has 3 heterocycles. The summed E-state index contributed by atoms with van der Waals surface area (Å²) in [6.07, 6.45) is 1.55. The Kier molecular flexibility index (Phi) is 5.43. The van der Waals surface area contributed by atoms with Crippen LogP contribution in [0.3, 0.4) is 0 Å². The standard InChI is InChI=1S/C24H21FN4O3/c25-19-15-17(8-9-21(19)28-10-13-31-14-11-28)26-24(30)22-16-20(23-7-4-12-32-23)27-29(22)18-5-2-1-3-6-18/h1-9,12,15-16H,10-11,13-14H2,(H,26,30). The van der Waals surface area contributed by atoms with Crippen LogP contribution in [0.1, 0.15) is 10.5 Å². The Hall–Kier alpha value is -3.91. The van der Waals surface area contributed by atoms with E-state index in [1.807, 2.05) is 35.2 Å². The number of anilines is 2. The van der Waals surface area contributed by atoms with Crippen LogP contribution in [0.4, 0.5) is 15.8 Å². The first-order chi connectivity index (χ1) is 15.7. The third-order valence-electron chi connectivity index (χ3n) is 5.27. The fourth-order valence-electron chi connectivity index (χ4n) is 3.69. The molecule has 2 aromatic carbocycles. The Labute approximate surface area is 184 Å². The van der Waals surface area contributed by atoms with E-state index in [1.165, 1.54) is 6.07 Å². The van der Waals surface area contributed by atoms with E-state index in [0.717, 1.165) is 5.69 Å². The second kappa shape index (κ2) is 8.68. The van der Waals surface area contributed by atoms with Gasteiger partial charge >= 0.3 is 0 Å². The number of furan rings is 1. The first-order valence-electron chi connectivity index (χ1n) is 10.3. The van der Waals surface area contributed by atoms with Gasteiger partial charge in [0.25, 0.3) is 5.91 Å². The molecule has 2 aromatic heterocycles. The minimum atomic E-state index is -0.405. The van der Waals surface area contributed by atoms with Gasteiger partial charge in [-0.05, 0) is 42.5 Å². The number of benzene rings is 2. The van der Waals surface area contributed by atoms with E-state index >= 15 is 0 Å². The molecule has 7 nitrogen and oxygen atoms in total. The van der Waals surface area contributed by atoms with E-state index in [0.29, 0.717) is 54.8 Å². The Morgan fingerprint density at radius 2 is 1.81 bits per heavy atom. The van der Waals surface area contributed by atoms with E-state index in [1.54, 1.807) is 41.3 Å². The average molecular weight is 432 g/mol. The van der Waals surface area contributed by atoms with Gasteiger partial charge in [0.05, 0.1) is 30.9 Å². The molecule has 0 aliphatic carbocycles. The second-order valence-electron chi connectivity index (χ2n) is 7.36. The summed E-state index contributed by atoms with van der Waals surface area (Å²) in [7, 11) is 0. The molecule has 4 aromatic rings. The predicted molar refractivity (Wildman–Crippen MR) is 119 cm³/mol. The number of halogens is 1. The maximum Gasteiger partial charge on any atom is 0.274 e. The molecule has 1 N–H and O–H groups in total. The summed E-state index contributed by atoms with van der Waals surface area (Å²) in [6, 6.07) is 19.2. The zero-order valence-electron chi connectivity index (χ0n) is 17.2. The molecule has 1 aliphatic rings. The summed E-state index contributed by atoms with van der Waals surface area (Å²) < 4.78 is 27.1. The van der Waals surface area contributed by atoms with Gasteiger partial charge < -0.3 is 19.4 Å². The largest absolute Gasteiger partial charge is 0.463 e. The fraction of sp³-hybridized carbons (Fsp3) is 0.167. The lowest BCUT2D eigenvalue weighted by atomic mass is 10.2. The zero-order chi connectivity index (χ0) is 21.9. The van der Waals surface area contributed by atoms with Crippen LogP contribution in [0.5, 0.6) is 0 Å². The molecule has 0 bridgehead atoms. The van der Waals surface area contributed by atoms with Crippen LogP contribution in [-0.4, -0.2) is 42.0 Å². The summed E-state index contributed by atoms with van der Waals surface area (Å²) in [5, 5.41) is 7.33. The molecule has 0 radical (unpaired) electrons. The molecule has 0 atom stereocenters. The van der Waals surface area contributed by atoms with E-state index in [9.17, 15) is 9.18 Å². The highest BCUT2D eigenvalue weighted by Crippen LogP contribution is 2.26. The van der Waals surface area contributed by atoms with Gasteiger partial charge in [-0.2, -0.15) is 5.10 Å². The maximum atomic E-state index is 14.8. The Balaban J connectivity index is 1.43. The summed E-state index contributed by atoms with van der Waals surface area (Å²) in [6.45, 7) is 2.40. The molecule has 1 amide bonds. The van der Waals surface area contributed by atoms with Crippen LogP contribution in [0, 0.1) is 5.82 Å². The number of ether oxygens (including phenoxy) is 1. The molecule has 8 heteroatoms. The number of aromatic nitrogens is 2. The molecule has 1 aliphatic heterocycles. The first kappa shape index (κ1) is 20.0. The lowest BCUT2D eigenvalue weighted by Gasteiger charge is -2.29. The molecule has 0 saturated carbocycles. The highest BCUT2D eigenvalue weighted by atomic mass is 19.1. The van der Waals surface area contributed by atoms with Crippen molar-refractivity contribution < 1.29 is 18.3 Å². The van der Waals surface area contributed by atoms with Crippen molar-refractivity contribution in [1.82, 2.24) is 9.78 Å². The van der Waals surface area contributed by atoms with Crippen molar-refractivity contribution >= 4 is 17.3 Å². The number of amides is 1. The normalized spacial score (nSPS) is 13.8. The van der Waals surface area contributed by atoms with Crippen LogP contribution >= 0.6 is 0 Å². The van der Waals surface area contributed by atoms with E-state index in [-0.39, 0.29) is 0 Å². The topological polar surface area (TPSA) is 72.5 Å². The van der Waals surface area contributed by atoms with Gasteiger partial charge in [-0.3, -0.25) is 4.79 Å². The Morgan fingerprint density at radius 1 is 1.00 bits per heavy atom.